The summed E-state index contributed by atoms with van der Waals surface area (Å²) in [5.41, 5.74) is 3.54. The van der Waals surface area contributed by atoms with E-state index >= 15 is 0 Å². The quantitative estimate of drug-likeness (QED) is 0.602. The first-order valence-corrected chi connectivity index (χ1v) is 10.1. The van der Waals surface area contributed by atoms with E-state index in [2.05, 4.69) is 40.2 Å². The lowest BCUT2D eigenvalue weighted by molar-refractivity contribution is -0.384. The predicted molar refractivity (Wildman–Crippen MR) is 112 cm³/mol. The van der Waals surface area contributed by atoms with E-state index in [9.17, 15) is 14.9 Å². The fraction of sp³-hybridized carbons (Fsp3) is 0.409. The number of rotatable bonds is 6. The second-order valence-electron chi connectivity index (χ2n) is 7.90. The molecule has 4 rings (SSSR count). The van der Waals surface area contributed by atoms with E-state index in [4.69, 9.17) is 0 Å². The first-order chi connectivity index (χ1) is 14.0. The molecule has 2 aliphatic rings. The summed E-state index contributed by atoms with van der Waals surface area (Å²) >= 11 is 0. The fourth-order valence-electron chi connectivity index (χ4n) is 3.75. The Morgan fingerprint density at radius 3 is 2.52 bits per heavy atom. The number of piperazine rings is 1. The van der Waals surface area contributed by atoms with Crippen molar-refractivity contribution >= 4 is 17.3 Å². The predicted octanol–water partition coefficient (Wildman–Crippen LogP) is 3.12. The summed E-state index contributed by atoms with van der Waals surface area (Å²) < 4.78 is 0. The van der Waals surface area contributed by atoms with Gasteiger partial charge in [0.25, 0.3) is 11.6 Å². The average Bonchev–Trinajstić information content (AvgIpc) is 3.54. The molecule has 1 saturated heterocycles. The van der Waals surface area contributed by atoms with Crippen LogP contribution in [0.5, 0.6) is 0 Å². The number of nitrogens with zero attached hydrogens (tertiary/aromatic N) is 3. The number of benzene rings is 2. The molecule has 0 atom stereocenters. The third-order valence-corrected chi connectivity index (χ3v) is 5.72. The van der Waals surface area contributed by atoms with Gasteiger partial charge in [-0.15, -0.1) is 0 Å². The minimum atomic E-state index is -0.386. The molecule has 152 valence electrons. The fourth-order valence-corrected chi connectivity index (χ4v) is 3.75. The van der Waals surface area contributed by atoms with Crippen molar-refractivity contribution in [3.63, 3.8) is 0 Å². The van der Waals surface area contributed by atoms with Crippen LogP contribution in [0.15, 0.2) is 42.5 Å². The van der Waals surface area contributed by atoms with Gasteiger partial charge in [0.15, 0.2) is 0 Å². The van der Waals surface area contributed by atoms with Gasteiger partial charge >= 0.3 is 0 Å². The van der Waals surface area contributed by atoms with E-state index in [1.807, 2.05) is 6.07 Å². The van der Waals surface area contributed by atoms with E-state index in [1.165, 1.54) is 17.2 Å². The molecular weight excluding hydrogens is 368 g/mol. The topological polar surface area (TPSA) is 78.7 Å². The van der Waals surface area contributed by atoms with Crippen LogP contribution in [0.1, 0.15) is 34.3 Å². The van der Waals surface area contributed by atoms with Gasteiger partial charge in [-0.25, -0.2) is 0 Å². The van der Waals surface area contributed by atoms with Crippen LogP contribution < -0.4 is 10.2 Å². The largest absolute Gasteiger partial charge is 0.363 e. The molecule has 0 radical (unpaired) electrons. The maximum absolute atomic E-state index is 12.2. The molecule has 1 saturated carbocycles. The van der Waals surface area contributed by atoms with Gasteiger partial charge in [-0.2, -0.15) is 0 Å². The molecule has 1 heterocycles. The monoisotopic (exact) mass is 394 g/mol. The average molecular weight is 394 g/mol. The number of nitro groups is 1. The van der Waals surface area contributed by atoms with Crippen LogP contribution in [-0.2, 0) is 6.54 Å². The first-order valence-electron chi connectivity index (χ1n) is 10.1. The van der Waals surface area contributed by atoms with Gasteiger partial charge in [0.1, 0.15) is 5.69 Å². The lowest BCUT2D eigenvalue weighted by Gasteiger charge is -2.36. The molecule has 1 N–H and O–H groups in total. The molecule has 29 heavy (non-hydrogen) atoms. The molecule has 7 heteroatoms. The molecule has 0 aromatic heterocycles. The van der Waals surface area contributed by atoms with Gasteiger partial charge in [-0.05, 0) is 43.0 Å². The molecule has 1 aliphatic carbocycles. The minimum absolute atomic E-state index is 0.000741. The third kappa shape index (κ3) is 4.56. The number of carbonyl (C=O) groups is 1. The maximum Gasteiger partial charge on any atom is 0.293 e. The normalized spacial score (nSPS) is 17.2. The number of hydrogen-bond donors (Lipinski definition) is 1. The summed E-state index contributed by atoms with van der Waals surface area (Å²) in [5, 5.41) is 14.5. The number of carbonyl (C=O) groups excluding carboxylic acids is 1. The number of nitrogens with one attached hydrogen (secondary N) is 1. The van der Waals surface area contributed by atoms with Crippen LogP contribution >= 0.6 is 0 Å². The van der Waals surface area contributed by atoms with Gasteiger partial charge in [-0.1, -0.05) is 24.3 Å². The van der Waals surface area contributed by atoms with Crippen LogP contribution in [0.3, 0.4) is 0 Å². The van der Waals surface area contributed by atoms with E-state index in [0.717, 1.165) is 45.6 Å². The van der Waals surface area contributed by atoms with Crippen LogP contribution in [-0.4, -0.2) is 48.0 Å². The first kappa shape index (κ1) is 19.4. The van der Waals surface area contributed by atoms with Crippen molar-refractivity contribution in [1.29, 1.82) is 0 Å². The smallest absolute Gasteiger partial charge is 0.293 e. The Hall–Kier alpha value is -2.93. The SMILES string of the molecule is Cc1ccccc1CN1CCN(c2ccc(C(=O)NC3CC3)cc2[N+](=O)[O-])CC1. The molecule has 2 fully saturated rings. The van der Waals surface area contributed by atoms with E-state index < -0.39 is 0 Å². The standard InChI is InChI=1S/C22H26N4O3/c1-16-4-2-3-5-18(16)15-24-10-12-25(13-11-24)20-9-6-17(14-21(20)26(28)29)22(27)23-19-7-8-19/h2-6,9,14,19H,7-8,10-13,15H2,1H3,(H,23,27). The molecule has 1 aliphatic heterocycles. The highest BCUT2D eigenvalue weighted by Crippen LogP contribution is 2.31. The van der Waals surface area contributed by atoms with Crippen LogP contribution in [0.2, 0.25) is 0 Å². The number of aryl methyl sites for hydroxylation is 1. The zero-order chi connectivity index (χ0) is 20.4. The Morgan fingerprint density at radius 1 is 1.14 bits per heavy atom. The van der Waals surface area contributed by atoms with Crippen molar-refractivity contribution in [2.75, 3.05) is 31.1 Å². The van der Waals surface area contributed by atoms with E-state index in [0.29, 0.717) is 11.3 Å². The number of anilines is 1. The molecule has 2 aromatic carbocycles. The highest BCUT2D eigenvalue weighted by Gasteiger charge is 2.27. The van der Waals surface area contributed by atoms with Gasteiger partial charge in [0, 0.05) is 50.4 Å². The van der Waals surface area contributed by atoms with Crippen molar-refractivity contribution in [3.8, 4) is 0 Å². The third-order valence-electron chi connectivity index (χ3n) is 5.72. The highest BCUT2D eigenvalue weighted by molar-refractivity contribution is 5.96. The number of nitro benzene ring substituents is 1. The zero-order valence-electron chi connectivity index (χ0n) is 16.6. The summed E-state index contributed by atoms with van der Waals surface area (Å²) in [6.07, 6.45) is 1.97. The van der Waals surface area contributed by atoms with Crippen molar-refractivity contribution < 1.29 is 9.72 Å². The highest BCUT2D eigenvalue weighted by atomic mass is 16.6. The van der Waals surface area contributed by atoms with Gasteiger partial charge in [-0.3, -0.25) is 19.8 Å². The summed E-state index contributed by atoms with van der Waals surface area (Å²) in [6.45, 7) is 6.14. The minimum Gasteiger partial charge on any atom is -0.363 e. The molecule has 7 nitrogen and oxygen atoms in total. The van der Waals surface area contributed by atoms with Gasteiger partial charge < -0.3 is 10.2 Å². The molecule has 1 amide bonds. The van der Waals surface area contributed by atoms with E-state index in [-0.39, 0.29) is 22.6 Å². The maximum atomic E-state index is 12.2. The van der Waals surface area contributed by atoms with Crippen LogP contribution in [0.25, 0.3) is 0 Å². The van der Waals surface area contributed by atoms with Crippen LogP contribution in [0, 0.1) is 17.0 Å². The van der Waals surface area contributed by atoms with Crippen molar-refractivity contribution in [3.05, 3.63) is 69.3 Å². The molecule has 0 unspecified atom stereocenters. The van der Waals surface area contributed by atoms with Gasteiger partial charge in [0.2, 0.25) is 0 Å². The summed E-state index contributed by atoms with van der Waals surface area (Å²) in [6, 6.07) is 13.4. The van der Waals surface area contributed by atoms with Crippen molar-refractivity contribution in [1.82, 2.24) is 10.2 Å². The zero-order valence-corrected chi connectivity index (χ0v) is 16.6. The summed E-state index contributed by atoms with van der Waals surface area (Å²) in [7, 11) is 0. The Labute approximate surface area is 170 Å². The molecule has 0 spiro atoms. The van der Waals surface area contributed by atoms with Crippen LogP contribution in [0.4, 0.5) is 11.4 Å². The lowest BCUT2D eigenvalue weighted by Crippen LogP contribution is -2.46. The molecule has 2 aromatic rings. The van der Waals surface area contributed by atoms with E-state index in [1.54, 1.807) is 12.1 Å². The molecule has 0 bridgehead atoms. The van der Waals surface area contributed by atoms with Crippen molar-refractivity contribution in [2.45, 2.75) is 32.4 Å². The second kappa shape index (κ2) is 8.21. The lowest BCUT2D eigenvalue weighted by atomic mass is 10.1. The Kier molecular flexibility index (Phi) is 5.49. The van der Waals surface area contributed by atoms with Crippen molar-refractivity contribution in [2.24, 2.45) is 0 Å². The molecular formula is C22H26N4O3. The Bertz CT molecular complexity index is 918. The Morgan fingerprint density at radius 2 is 1.86 bits per heavy atom. The summed E-state index contributed by atoms with van der Waals surface area (Å²) in [4.78, 5) is 27.9. The summed E-state index contributed by atoms with van der Waals surface area (Å²) in [5.74, 6) is -0.231. The second-order valence-corrected chi connectivity index (χ2v) is 7.90. The number of amides is 1. The number of hydrogen-bond acceptors (Lipinski definition) is 5. The Balaban J connectivity index is 1.43. The van der Waals surface area contributed by atoms with Gasteiger partial charge in [0.05, 0.1) is 4.92 Å².